The number of aryl methyl sites for hydroxylation is 12. The van der Waals surface area contributed by atoms with Gasteiger partial charge in [-0.1, -0.05) is 97.1 Å². The average Bonchev–Trinajstić information content (AvgIpc) is 3.26. The van der Waals surface area contributed by atoms with E-state index in [0.717, 1.165) is 0 Å². The van der Waals surface area contributed by atoms with Crippen LogP contribution in [0.1, 0.15) is 66.8 Å². The molecule has 66 heavy (non-hydrogen) atoms. The molecule has 0 aromatic heterocycles. The van der Waals surface area contributed by atoms with Crippen LogP contribution in [0.25, 0.3) is 120 Å². The summed E-state index contributed by atoms with van der Waals surface area (Å²) in [6, 6.07) is 46.8. The van der Waals surface area contributed by atoms with Crippen molar-refractivity contribution in [1.82, 2.24) is 0 Å². The lowest BCUT2D eigenvalue weighted by atomic mass is 9.77. The Balaban J connectivity index is 1.14. The number of hydrogen-bond acceptors (Lipinski definition) is 0. The maximum atomic E-state index is 2.54. The molecule has 0 radical (unpaired) electrons. The number of benzene rings is 10. The maximum absolute atomic E-state index is 2.54. The van der Waals surface area contributed by atoms with Crippen molar-refractivity contribution >= 4 is 75.4 Å². The Labute approximate surface area is 389 Å². The molecule has 12 aromatic rings. The maximum Gasteiger partial charge on any atom is -0.00170 e. The fourth-order valence-corrected chi connectivity index (χ4v) is 13.0. The molecule has 0 spiro atoms. The van der Waals surface area contributed by atoms with Gasteiger partial charge < -0.3 is 0 Å². The molecular weight excluding hydrogens is 793 g/mol. The summed E-state index contributed by atoms with van der Waals surface area (Å²) in [5.74, 6) is 0. The largest absolute Gasteiger partial charge is 0.0617 e. The van der Waals surface area contributed by atoms with Crippen LogP contribution in [0, 0.1) is 83.1 Å². The smallest absolute Gasteiger partial charge is 0.00170 e. The van der Waals surface area contributed by atoms with Crippen LogP contribution in [0.15, 0.2) is 121 Å². The van der Waals surface area contributed by atoms with Crippen LogP contribution < -0.4 is 0 Å². The van der Waals surface area contributed by atoms with E-state index >= 15 is 0 Å². The molecule has 12 rings (SSSR count). The van der Waals surface area contributed by atoms with Gasteiger partial charge in [0.1, 0.15) is 0 Å². The number of rotatable bonds is 4. The summed E-state index contributed by atoms with van der Waals surface area (Å²) in [5, 5.41) is 19.5. The molecule has 0 atom stereocenters. The third kappa shape index (κ3) is 5.33. The van der Waals surface area contributed by atoms with E-state index in [4.69, 9.17) is 0 Å². The van der Waals surface area contributed by atoms with Crippen LogP contribution in [0.4, 0.5) is 0 Å². The summed E-state index contributed by atoms with van der Waals surface area (Å²) in [6.45, 7) is 27.6. The van der Waals surface area contributed by atoms with Gasteiger partial charge in [-0.25, -0.2) is 0 Å². The monoisotopic (exact) mass is 848 g/mol. The minimum Gasteiger partial charge on any atom is -0.0617 e. The van der Waals surface area contributed by atoms with E-state index in [9.17, 15) is 0 Å². The Morgan fingerprint density at radius 2 is 0.409 bits per heavy atom. The second-order valence-electron chi connectivity index (χ2n) is 20.0. The zero-order valence-electron chi connectivity index (χ0n) is 40.5. The van der Waals surface area contributed by atoms with E-state index in [1.165, 1.54) is 187 Å². The number of hydrogen-bond donors (Lipinski definition) is 0. The molecule has 320 valence electrons. The molecule has 0 fully saturated rings. The van der Waals surface area contributed by atoms with Gasteiger partial charge >= 0.3 is 0 Å². The molecule has 12 aromatic carbocycles. The predicted octanol–water partition coefficient (Wildman–Crippen LogP) is 19.0. The molecule has 0 heteroatoms. The van der Waals surface area contributed by atoms with Gasteiger partial charge in [0.15, 0.2) is 0 Å². The van der Waals surface area contributed by atoms with Crippen LogP contribution in [0.2, 0.25) is 0 Å². The van der Waals surface area contributed by atoms with Crippen LogP contribution >= 0.6 is 0 Å². The fourth-order valence-electron chi connectivity index (χ4n) is 13.0. The van der Waals surface area contributed by atoms with Crippen molar-refractivity contribution in [3.63, 3.8) is 0 Å². The summed E-state index contributed by atoms with van der Waals surface area (Å²) in [4.78, 5) is 0. The highest BCUT2D eigenvalue weighted by atomic mass is 14.3. The van der Waals surface area contributed by atoms with Gasteiger partial charge in [-0.2, -0.15) is 0 Å². The summed E-state index contributed by atoms with van der Waals surface area (Å²) in [7, 11) is 0. The van der Waals surface area contributed by atoms with Crippen molar-refractivity contribution in [3.05, 3.63) is 188 Å². The van der Waals surface area contributed by atoms with Gasteiger partial charge in [-0.05, 0) is 294 Å². The average molecular weight is 849 g/mol. The van der Waals surface area contributed by atoms with Crippen molar-refractivity contribution in [3.8, 4) is 44.5 Å². The van der Waals surface area contributed by atoms with E-state index in [2.05, 4.69) is 204 Å². The Kier molecular flexibility index (Phi) is 8.73. The Morgan fingerprint density at radius 1 is 0.197 bits per heavy atom. The molecule has 0 aliphatic rings. The molecule has 0 aliphatic carbocycles. The van der Waals surface area contributed by atoms with Gasteiger partial charge in [-0.3, -0.25) is 0 Å². The predicted molar refractivity (Wildman–Crippen MR) is 290 cm³/mol. The van der Waals surface area contributed by atoms with E-state index in [-0.39, 0.29) is 0 Å². The standard InChI is InChI=1S/C66H56/c1-33-17-13-18-34(2)57(33)53-29-49-41(9)61-47-27-25-46-45(65(47)63(61)43(11)51(49)31-55(53)59-37(5)21-15-22-38(59)6)26-28-48-62-42(10)50-30-54(58-35(3)19-14-20-36(58)4)56(60-39(7)23-16-24-40(60)8)32-52(50)44(12)64(62)66(46)48/h13-32H,1-12H3. The molecule has 0 bridgehead atoms. The Bertz CT molecular complexity index is 3740. The first-order valence-corrected chi connectivity index (χ1v) is 23.9. The second-order valence-corrected chi connectivity index (χ2v) is 20.0. The minimum atomic E-state index is 1.32. The summed E-state index contributed by atoms with van der Waals surface area (Å²) in [6.07, 6.45) is 0. The quantitative estimate of drug-likeness (QED) is 0.166. The molecule has 0 heterocycles. The van der Waals surface area contributed by atoms with E-state index in [0.29, 0.717) is 0 Å². The normalized spacial score (nSPS) is 12.2. The third-order valence-electron chi connectivity index (χ3n) is 16.2. The van der Waals surface area contributed by atoms with Gasteiger partial charge in [0.2, 0.25) is 0 Å². The topological polar surface area (TPSA) is 0 Å². The zero-order valence-corrected chi connectivity index (χ0v) is 40.5. The molecular formula is C66H56. The molecule has 0 unspecified atom stereocenters. The van der Waals surface area contributed by atoms with Gasteiger partial charge in [0, 0.05) is 0 Å². The van der Waals surface area contributed by atoms with E-state index < -0.39 is 0 Å². The van der Waals surface area contributed by atoms with Crippen LogP contribution in [0.5, 0.6) is 0 Å². The summed E-state index contributed by atoms with van der Waals surface area (Å²) < 4.78 is 0. The Hall–Kier alpha value is -7.02. The molecule has 0 amide bonds. The molecule has 0 nitrogen and oxygen atoms in total. The van der Waals surface area contributed by atoms with Gasteiger partial charge in [-0.15, -0.1) is 0 Å². The highest BCUT2D eigenvalue weighted by molar-refractivity contribution is 6.43. The highest BCUT2D eigenvalue weighted by Gasteiger charge is 2.27. The van der Waals surface area contributed by atoms with Crippen LogP contribution in [0.3, 0.4) is 0 Å². The lowest BCUT2D eigenvalue weighted by molar-refractivity contribution is 1.36. The zero-order chi connectivity index (χ0) is 45.8. The molecule has 0 saturated carbocycles. The van der Waals surface area contributed by atoms with Crippen LogP contribution in [-0.2, 0) is 0 Å². The first-order chi connectivity index (χ1) is 31.8. The molecule has 0 aliphatic heterocycles. The van der Waals surface area contributed by atoms with Gasteiger partial charge in [0.25, 0.3) is 0 Å². The van der Waals surface area contributed by atoms with E-state index in [1.54, 1.807) is 0 Å². The van der Waals surface area contributed by atoms with Gasteiger partial charge in [0.05, 0.1) is 0 Å². The van der Waals surface area contributed by atoms with Crippen molar-refractivity contribution in [2.75, 3.05) is 0 Å². The number of fused-ring (bicyclic) bond motifs is 13. The van der Waals surface area contributed by atoms with Crippen molar-refractivity contribution in [2.45, 2.75) is 83.1 Å². The summed E-state index contributed by atoms with van der Waals surface area (Å²) >= 11 is 0. The summed E-state index contributed by atoms with van der Waals surface area (Å²) in [5.41, 5.74) is 26.8. The van der Waals surface area contributed by atoms with E-state index in [1.807, 2.05) is 0 Å². The highest BCUT2D eigenvalue weighted by Crippen LogP contribution is 2.54. The van der Waals surface area contributed by atoms with Crippen molar-refractivity contribution in [2.24, 2.45) is 0 Å². The Morgan fingerprint density at radius 3 is 0.652 bits per heavy atom. The first-order valence-electron chi connectivity index (χ1n) is 23.9. The van der Waals surface area contributed by atoms with Crippen molar-refractivity contribution < 1.29 is 0 Å². The fraction of sp³-hybridized carbons (Fsp3) is 0.182. The molecule has 0 saturated heterocycles. The van der Waals surface area contributed by atoms with Crippen LogP contribution in [-0.4, -0.2) is 0 Å². The second kappa shape index (κ2) is 14.2. The minimum absolute atomic E-state index is 1.32. The SMILES string of the molecule is Cc1cccc(C)c1-c1cc2c(C)c3c4ccc5c(ccc6c7c(C)c8cc(-c9c(C)cccc9C)c(-c9c(C)cccc9C)cc8c(C)c7c56)c4c3c(C)c2cc1-c1c(C)cccc1C. The third-order valence-corrected chi connectivity index (χ3v) is 16.2. The lowest BCUT2D eigenvalue weighted by Gasteiger charge is -2.26. The van der Waals surface area contributed by atoms with Crippen molar-refractivity contribution in [1.29, 1.82) is 0 Å². The first kappa shape index (κ1) is 40.5. The lowest BCUT2D eigenvalue weighted by Crippen LogP contribution is -2.00. The molecule has 0 N–H and O–H groups in total.